The molecule has 1 saturated heterocycles. The minimum atomic E-state index is -1.39. The number of benzene rings is 1. The number of nitrogens with one attached hydrogen (secondary N) is 1. The Balaban J connectivity index is 2.15. The van der Waals surface area contributed by atoms with Gasteiger partial charge in [-0.05, 0) is 6.07 Å². The average Bonchev–Trinajstić information content (AvgIpc) is 2.40. The van der Waals surface area contributed by atoms with Gasteiger partial charge in [0.15, 0.2) is 6.23 Å². The highest BCUT2D eigenvalue weighted by Gasteiger charge is 2.38. The van der Waals surface area contributed by atoms with Crippen LogP contribution >= 0.6 is 0 Å². The van der Waals surface area contributed by atoms with Crippen molar-refractivity contribution in [2.24, 2.45) is 0 Å². The molecule has 0 amide bonds. The van der Waals surface area contributed by atoms with E-state index in [2.05, 4.69) is 5.32 Å². The molecular formula is C11H14N2O6. The summed E-state index contributed by atoms with van der Waals surface area (Å²) in [5.74, 6) is 0. The van der Waals surface area contributed by atoms with Crippen molar-refractivity contribution in [1.29, 1.82) is 0 Å². The maximum atomic E-state index is 10.8. The van der Waals surface area contributed by atoms with Crippen molar-refractivity contribution in [1.82, 2.24) is 0 Å². The van der Waals surface area contributed by atoms with Gasteiger partial charge in [0, 0.05) is 6.07 Å². The summed E-state index contributed by atoms with van der Waals surface area (Å²) >= 11 is 0. The van der Waals surface area contributed by atoms with Gasteiger partial charge in [0.05, 0.1) is 11.5 Å². The summed E-state index contributed by atoms with van der Waals surface area (Å²) in [5, 5.41) is 42.0. The normalized spacial score (nSPS) is 30.9. The molecule has 1 aliphatic rings. The van der Waals surface area contributed by atoms with Gasteiger partial charge in [-0.1, -0.05) is 12.1 Å². The molecule has 0 spiro atoms. The zero-order valence-electron chi connectivity index (χ0n) is 9.84. The summed E-state index contributed by atoms with van der Waals surface area (Å²) in [4.78, 5) is 10.3. The summed E-state index contributed by atoms with van der Waals surface area (Å²) in [6, 6.07) is 5.88. The maximum Gasteiger partial charge on any atom is 0.292 e. The van der Waals surface area contributed by atoms with Gasteiger partial charge in [-0.2, -0.15) is 0 Å². The van der Waals surface area contributed by atoms with E-state index < -0.39 is 29.5 Å². The lowest BCUT2D eigenvalue weighted by Gasteiger charge is -2.35. The van der Waals surface area contributed by atoms with Crippen LogP contribution in [-0.2, 0) is 4.74 Å². The standard InChI is InChI=1S/C11H14N2O6/c14-8-5-19-11(10(16)9(8)15)12-6-3-1-2-4-7(6)13(17)18/h1-4,8-12,14-16H,5H2/t8-,9+,10-,11+/m0/s1. The lowest BCUT2D eigenvalue weighted by atomic mass is 10.0. The van der Waals surface area contributed by atoms with Gasteiger partial charge in [0.25, 0.3) is 5.69 Å². The second-order valence-electron chi connectivity index (χ2n) is 4.22. The Bertz CT molecular complexity index is 468. The molecule has 8 heteroatoms. The second-order valence-corrected chi connectivity index (χ2v) is 4.22. The van der Waals surface area contributed by atoms with Gasteiger partial charge < -0.3 is 25.4 Å². The molecule has 0 aromatic heterocycles. The first-order valence-electron chi connectivity index (χ1n) is 5.66. The molecule has 19 heavy (non-hydrogen) atoms. The molecule has 1 heterocycles. The molecule has 104 valence electrons. The molecule has 1 aromatic rings. The van der Waals surface area contributed by atoms with E-state index in [9.17, 15) is 25.4 Å². The number of ether oxygens (including phenoxy) is 1. The van der Waals surface area contributed by atoms with Crippen molar-refractivity contribution in [2.45, 2.75) is 24.5 Å². The fourth-order valence-electron chi connectivity index (χ4n) is 1.84. The molecule has 0 bridgehead atoms. The number of nitro groups is 1. The Morgan fingerprint density at radius 2 is 1.95 bits per heavy atom. The number of nitrogens with zero attached hydrogens (tertiary/aromatic N) is 1. The van der Waals surface area contributed by atoms with Crippen LogP contribution in [-0.4, -0.2) is 51.4 Å². The highest BCUT2D eigenvalue weighted by molar-refractivity contribution is 5.61. The molecule has 1 aliphatic heterocycles. The van der Waals surface area contributed by atoms with Crippen LogP contribution in [0.25, 0.3) is 0 Å². The summed E-state index contributed by atoms with van der Waals surface area (Å²) in [5.41, 5.74) is -0.000878. The topological polar surface area (TPSA) is 125 Å². The average molecular weight is 270 g/mol. The zero-order valence-corrected chi connectivity index (χ0v) is 9.84. The van der Waals surface area contributed by atoms with Crippen molar-refractivity contribution in [2.75, 3.05) is 11.9 Å². The first-order valence-corrected chi connectivity index (χ1v) is 5.66. The van der Waals surface area contributed by atoms with Crippen molar-refractivity contribution < 1.29 is 25.0 Å². The molecule has 4 N–H and O–H groups in total. The number of hydrogen-bond acceptors (Lipinski definition) is 7. The third-order valence-corrected chi connectivity index (χ3v) is 2.90. The number of anilines is 1. The van der Waals surface area contributed by atoms with Crippen LogP contribution in [0.3, 0.4) is 0 Å². The lowest BCUT2D eigenvalue weighted by molar-refractivity contribution is -0.384. The number of hydrogen-bond donors (Lipinski definition) is 4. The fraction of sp³-hybridized carbons (Fsp3) is 0.455. The Labute approximate surface area is 108 Å². The minimum absolute atomic E-state index is 0.167. The summed E-state index contributed by atoms with van der Waals surface area (Å²) < 4.78 is 5.12. The van der Waals surface area contributed by atoms with Crippen molar-refractivity contribution in [3.05, 3.63) is 34.4 Å². The van der Waals surface area contributed by atoms with Crippen molar-refractivity contribution in [3.63, 3.8) is 0 Å². The molecule has 1 aromatic carbocycles. The van der Waals surface area contributed by atoms with Crippen LogP contribution in [0, 0.1) is 10.1 Å². The van der Waals surface area contributed by atoms with Crippen molar-refractivity contribution in [3.8, 4) is 0 Å². The van der Waals surface area contributed by atoms with Gasteiger partial charge in [0.1, 0.15) is 24.0 Å². The van der Waals surface area contributed by atoms with E-state index in [4.69, 9.17) is 4.74 Å². The first-order chi connectivity index (χ1) is 9.00. The SMILES string of the molecule is O=[N+]([O-])c1ccccc1N[C@@H]1OC[C@H](O)[C@@H](O)[C@@H]1O. The predicted molar refractivity (Wildman–Crippen MR) is 64.5 cm³/mol. The molecule has 8 nitrogen and oxygen atoms in total. The van der Waals surface area contributed by atoms with Gasteiger partial charge in [-0.15, -0.1) is 0 Å². The highest BCUT2D eigenvalue weighted by Crippen LogP contribution is 2.26. The molecular weight excluding hydrogens is 256 g/mol. The minimum Gasteiger partial charge on any atom is -0.388 e. The maximum absolute atomic E-state index is 10.8. The largest absolute Gasteiger partial charge is 0.388 e. The highest BCUT2D eigenvalue weighted by atomic mass is 16.6. The van der Waals surface area contributed by atoms with E-state index in [1.165, 1.54) is 18.2 Å². The summed E-state index contributed by atoms with van der Waals surface area (Å²) in [6.07, 6.45) is -4.96. The second kappa shape index (κ2) is 5.49. The lowest BCUT2D eigenvalue weighted by Crippen LogP contribution is -2.55. The van der Waals surface area contributed by atoms with E-state index in [1.807, 2.05) is 0 Å². The number of nitro benzene ring substituents is 1. The molecule has 4 atom stereocenters. The number of aliphatic hydroxyl groups is 3. The fourth-order valence-corrected chi connectivity index (χ4v) is 1.84. The van der Waals surface area contributed by atoms with E-state index in [1.54, 1.807) is 6.07 Å². The van der Waals surface area contributed by atoms with Crippen LogP contribution in [0.2, 0.25) is 0 Å². The zero-order chi connectivity index (χ0) is 14.0. The van der Waals surface area contributed by atoms with Crippen LogP contribution < -0.4 is 5.32 Å². The Morgan fingerprint density at radius 3 is 2.63 bits per heavy atom. The van der Waals surface area contributed by atoms with Crippen molar-refractivity contribution >= 4 is 11.4 Å². The molecule has 0 aliphatic carbocycles. The summed E-state index contributed by atoms with van der Waals surface area (Å²) in [7, 11) is 0. The van der Waals surface area contributed by atoms with Gasteiger partial charge in [-0.25, -0.2) is 0 Å². The summed E-state index contributed by atoms with van der Waals surface area (Å²) in [6.45, 7) is -0.170. The van der Waals surface area contributed by atoms with E-state index in [0.717, 1.165) is 0 Å². The van der Waals surface area contributed by atoms with Gasteiger partial charge in [-0.3, -0.25) is 10.1 Å². The van der Waals surface area contributed by atoms with E-state index in [0.29, 0.717) is 0 Å². The third-order valence-electron chi connectivity index (χ3n) is 2.90. The molecule has 0 radical (unpaired) electrons. The monoisotopic (exact) mass is 270 g/mol. The Kier molecular flexibility index (Phi) is 3.96. The molecule has 1 fully saturated rings. The van der Waals surface area contributed by atoms with Gasteiger partial charge >= 0.3 is 0 Å². The number of aliphatic hydroxyl groups excluding tert-OH is 3. The van der Waals surface area contributed by atoms with E-state index >= 15 is 0 Å². The number of para-hydroxylation sites is 2. The van der Waals surface area contributed by atoms with Crippen LogP contribution in [0.5, 0.6) is 0 Å². The molecule has 0 unspecified atom stereocenters. The smallest absolute Gasteiger partial charge is 0.292 e. The van der Waals surface area contributed by atoms with E-state index in [-0.39, 0.29) is 18.0 Å². The predicted octanol–water partition coefficient (Wildman–Crippen LogP) is -0.554. The molecule has 0 saturated carbocycles. The Hall–Kier alpha value is -1.74. The quantitative estimate of drug-likeness (QED) is 0.428. The van der Waals surface area contributed by atoms with Crippen LogP contribution in [0.4, 0.5) is 11.4 Å². The number of rotatable bonds is 3. The van der Waals surface area contributed by atoms with Crippen LogP contribution in [0.1, 0.15) is 0 Å². The van der Waals surface area contributed by atoms with Crippen LogP contribution in [0.15, 0.2) is 24.3 Å². The van der Waals surface area contributed by atoms with Gasteiger partial charge in [0.2, 0.25) is 0 Å². The Morgan fingerprint density at radius 1 is 1.26 bits per heavy atom. The third kappa shape index (κ3) is 2.82. The first kappa shape index (κ1) is 13.7. The molecule has 2 rings (SSSR count).